The molecule has 0 saturated heterocycles. The molecule has 1 amide bonds. The molecule has 0 spiro atoms. The zero-order chi connectivity index (χ0) is 16.7. The number of rotatable bonds is 3. The van der Waals surface area contributed by atoms with E-state index in [1.807, 2.05) is 24.3 Å². The minimum atomic E-state index is -0.0671. The number of hydrogen-bond donors (Lipinski definition) is 1. The summed E-state index contributed by atoms with van der Waals surface area (Å²) in [5.41, 5.74) is 2.75. The third kappa shape index (κ3) is 3.15. The van der Waals surface area contributed by atoms with Crippen molar-refractivity contribution in [2.75, 3.05) is 5.32 Å². The van der Waals surface area contributed by atoms with Crippen LogP contribution >= 0.6 is 22.6 Å². The highest BCUT2D eigenvalue weighted by Crippen LogP contribution is 2.31. The third-order valence-corrected chi connectivity index (χ3v) is 4.76. The van der Waals surface area contributed by atoms with Crippen molar-refractivity contribution in [2.24, 2.45) is 5.92 Å². The first-order valence-electron chi connectivity index (χ1n) is 7.97. The second kappa shape index (κ2) is 5.84. The number of allylic oxidation sites excluding steroid dienone is 6. The van der Waals surface area contributed by atoms with Gasteiger partial charge in [-0.3, -0.25) is 10.1 Å². The summed E-state index contributed by atoms with van der Waals surface area (Å²) in [6.07, 6.45) is 12.4. The van der Waals surface area contributed by atoms with Crippen LogP contribution in [-0.2, 0) is 4.79 Å². The van der Waals surface area contributed by atoms with Crippen molar-refractivity contribution in [3.05, 3.63) is 54.3 Å². The van der Waals surface area contributed by atoms with Gasteiger partial charge in [0.1, 0.15) is 0 Å². The van der Waals surface area contributed by atoms with Crippen molar-refractivity contribution in [3.63, 3.8) is 0 Å². The molecule has 0 radical (unpaired) electrons. The highest BCUT2D eigenvalue weighted by Gasteiger charge is 2.30. The van der Waals surface area contributed by atoms with E-state index in [0.717, 1.165) is 29.8 Å². The Morgan fingerprint density at radius 1 is 1.38 bits per heavy atom. The van der Waals surface area contributed by atoms with Crippen LogP contribution < -0.4 is 5.32 Å². The van der Waals surface area contributed by atoms with E-state index in [4.69, 9.17) is 0 Å². The highest BCUT2D eigenvalue weighted by atomic mass is 127. The van der Waals surface area contributed by atoms with Crippen molar-refractivity contribution in [1.82, 2.24) is 14.6 Å². The Balaban J connectivity index is 1.74. The van der Waals surface area contributed by atoms with Gasteiger partial charge in [-0.1, -0.05) is 59.0 Å². The molecule has 1 unspecified atom stereocenters. The standard InChI is InChI=1S/C18H17IN4O/c1-18(19)10-3-2-5-13(11-18)14-6-4-7-15-20-17(22-23(14)15)21-16(24)12-8-9-12/h2-7,10-12H,8-9H2,1H3,(H,21,22,24). The number of carbonyl (C=O) groups excluding carboxylic acids is 1. The second-order valence-corrected chi connectivity index (χ2v) is 8.67. The first-order chi connectivity index (χ1) is 11.5. The highest BCUT2D eigenvalue weighted by molar-refractivity contribution is 14.1. The van der Waals surface area contributed by atoms with E-state index < -0.39 is 0 Å². The molecule has 4 rings (SSSR count). The van der Waals surface area contributed by atoms with Crippen LogP contribution in [0.25, 0.3) is 11.2 Å². The molecule has 2 aromatic heterocycles. The number of amides is 1. The van der Waals surface area contributed by atoms with Crippen molar-refractivity contribution < 1.29 is 4.79 Å². The van der Waals surface area contributed by atoms with Gasteiger partial charge in [0.2, 0.25) is 11.9 Å². The molecular weight excluding hydrogens is 415 g/mol. The lowest BCUT2D eigenvalue weighted by Gasteiger charge is -2.13. The van der Waals surface area contributed by atoms with Gasteiger partial charge < -0.3 is 0 Å². The van der Waals surface area contributed by atoms with Crippen LogP contribution in [0.4, 0.5) is 5.95 Å². The second-order valence-electron chi connectivity index (χ2n) is 6.35. The van der Waals surface area contributed by atoms with E-state index in [1.165, 1.54) is 0 Å². The number of carbonyl (C=O) groups is 1. The Morgan fingerprint density at radius 3 is 3.00 bits per heavy atom. The number of alkyl halides is 1. The molecule has 1 N–H and O–H groups in total. The lowest BCUT2D eigenvalue weighted by atomic mass is 10.1. The lowest BCUT2D eigenvalue weighted by molar-refractivity contribution is -0.117. The molecule has 2 aromatic rings. The van der Waals surface area contributed by atoms with Crippen LogP contribution in [-0.4, -0.2) is 23.9 Å². The summed E-state index contributed by atoms with van der Waals surface area (Å²) in [6, 6.07) is 5.87. The average molecular weight is 432 g/mol. The molecule has 1 saturated carbocycles. The maximum Gasteiger partial charge on any atom is 0.249 e. The fourth-order valence-corrected chi connectivity index (χ4v) is 3.24. The molecule has 6 heteroatoms. The Bertz CT molecular complexity index is 903. The van der Waals surface area contributed by atoms with Crippen LogP contribution in [0.3, 0.4) is 0 Å². The number of nitrogens with one attached hydrogen (secondary N) is 1. The largest absolute Gasteiger partial charge is 0.293 e. The van der Waals surface area contributed by atoms with Crippen LogP contribution in [0.2, 0.25) is 0 Å². The first-order valence-corrected chi connectivity index (χ1v) is 9.04. The molecule has 5 nitrogen and oxygen atoms in total. The van der Waals surface area contributed by atoms with E-state index in [1.54, 1.807) is 4.52 Å². The van der Waals surface area contributed by atoms with Gasteiger partial charge in [0.15, 0.2) is 5.65 Å². The van der Waals surface area contributed by atoms with Gasteiger partial charge in [-0.2, -0.15) is 4.98 Å². The van der Waals surface area contributed by atoms with Crippen molar-refractivity contribution in [1.29, 1.82) is 0 Å². The molecular formula is C18H17IN4O. The fraction of sp³-hybridized carbons (Fsp3) is 0.278. The van der Waals surface area contributed by atoms with E-state index in [-0.39, 0.29) is 15.2 Å². The first kappa shape index (κ1) is 15.6. The molecule has 2 aliphatic rings. The number of halogens is 1. The number of hydrogen-bond acceptors (Lipinski definition) is 3. The normalized spacial score (nSPS) is 23.2. The monoisotopic (exact) mass is 432 g/mol. The van der Waals surface area contributed by atoms with Crippen molar-refractivity contribution in [2.45, 2.75) is 23.2 Å². The number of pyridine rings is 1. The summed E-state index contributed by atoms with van der Waals surface area (Å²) in [5.74, 6) is 0.521. The number of aromatic nitrogens is 3. The molecule has 0 aromatic carbocycles. The quantitative estimate of drug-likeness (QED) is 0.594. The molecule has 0 bridgehead atoms. The number of fused-ring (bicyclic) bond motifs is 1. The Morgan fingerprint density at radius 2 is 2.21 bits per heavy atom. The average Bonchev–Trinajstić information content (AvgIpc) is 3.32. The van der Waals surface area contributed by atoms with Crippen LogP contribution in [0, 0.1) is 5.92 Å². The van der Waals surface area contributed by atoms with Gasteiger partial charge in [-0.15, -0.1) is 5.10 Å². The summed E-state index contributed by atoms with van der Waals surface area (Å²) in [6.45, 7) is 2.15. The minimum absolute atomic E-state index is 0.0186. The molecule has 1 atom stereocenters. The summed E-state index contributed by atoms with van der Waals surface area (Å²) < 4.78 is 1.72. The molecule has 2 heterocycles. The molecule has 24 heavy (non-hydrogen) atoms. The van der Waals surface area contributed by atoms with Gasteiger partial charge in [-0.05, 0) is 37.5 Å². The smallest absolute Gasteiger partial charge is 0.249 e. The van der Waals surface area contributed by atoms with Gasteiger partial charge in [0.25, 0.3) is 0 Å². The van der Waals surface area contributed by atoms with Gasteiger partial charge in [0.05, 0.1) is 9.12 Å². The predicted molar refractivity (Wildman–Crippen MR) is 103 cm³/mol. The summed E-state index contributed by atoms with van der Waals surface area (Å²) in [4.78, 5) is 16.4. The molecule has 0 aliphatic heterocycles. The van der Waals surface area contributed by atoms with E-state index in [0.29, 0.717) is 5.95 Å². The number of anilines is 1. The van der Waals surface area contributed by atoms with Gasteiger partial charge in [-0.25, -0.2) is 4.52 Å². The van der Waals surface area contributed by atoms with Crippen molar-refractivity contribution >= 4 is 45.7 Å². The topological polar surface area (TPSA) is 59.3 Å². The summed E-state index contributed by atoms with van der Waals surface area (Å²) in [5, 5.41) is 7.31. The maximum atomic E-state index is 11.9. The van der Waals surface area contributed by atoms with E-state index >= 15 is 0 Å². The molecule has 1 fully saturated rings. The van der Waals surface area contributed by atoms with E-state index in [9.17, 15) is 4.79 Å². The minimum Gasteiger partial charge on any atom is -0.293 e. The third-order valence-electron chi connectivity index (χ3n) is 4.09. The Labute approximate surface area is 153 Å². The maximum absolute atomic E-state index is 11.9. The Kier molecular flexibility index (Phi) is 3.79. The van der Waals surface area contributed by atoms with Gasteiger partial charge >= 0.3 is 0 Å². The fourth-order valence-electron chi connectivity index (χ4n) is 2.70. The zero-order valence-corrected chi connectivity index (χ0v) is 15.4. The van der Waals surface area contributed by atoms with E-state index in [2.05, 4.69) is 69.2 Å². The van der Waals surface area contributed by atoms with Crippen LogP contribution in [0.15, 0.2) is 48.6 Å². The zero-order valence-electron chi connectivity index (χ0n) is 13.2. The van der Waals surface area contributed by atoms with Crippen LogP contribution in [0.5, 0.6) is 0 Å². The molecule has 122 valence electrons. The van der Waals surface area contributed by atoms with Crippen LogP contribution in [0.1, 0.15) is 25.5 Å². The summed E-state index contributed by atoms with van der Waals surface area (Å²) >= 11 is 2.41. The lowest BCUT2D eigenvalue weighted by Crippen LogP contribution is -2.14. The predicted octanol–water partition coefficient (Wildman–Crippen LogP) is 3.78. The number of nitrogens with zero attached hydrogens (tertiary/aromatic N) is 3. The SMILES string of the molecule is CC1(I)C=CC=CC(c2cccc3nc(NC(=O)C4CC4)nn23)=C1. The summed E-state index contributed by atoms with van der Waals surface area (Å²) in [7, 11) is 0. The Hall–Kier alpha value is -1.96. The molecule has 2 aliphatic carbocycles. The van der Waals surface area contributed by atoms with Crippen molar-refractivity contribution in [3.8, 4) is 0 Å². The van der Waals surface area contributed by atoms with Gasteiger partial charge in [0, 0.05) is 5.92 Å².